The molecule has 0 saturated heterocycles. The highest BCUT2D eigenvalue weighted by Crippen LogP contribution is 2.27. The molecular formula is C26H30Cl2N2O4. The van der Waals surface area contributed by atoms with E-state index in [9.17, 15) is 9.90 Å². The Bertz CT molecular complexity index is 1130. The van der Waals surface area contributed by atoms with Gasteiger partial charge in [-0.15, -0.1) is 5.10 Å². The number of hydrogen-bond acceptors (Lipinski definition) is 4. The second kappa shape index (κ2) is 12.1. The van der Waals surface area contributed by atoms with Crippen LogP contribution < -0.4 is 9.47 Å². The first-order chi connectivity index (χ1) is 16.3. The third-order valence-electron chi connectivity index (χ3n) is 5.26. The smallest absolute Gasteiger partial charge is 0.307 e. The zero-order chi connectivity index (χ0) is 24.7. The number of aromatic nitrogens is 2. The first-order valence-corrected chi connectivity index (χ1v) is 12.1. The van der Waals surface area contributed by atoms with Crippen molar-refractivity contribution < 1.29 is 19.4 Å². The van der Waals surface area contributed by atoms with Gasteiger partial charge < -0.3 is 14.6 Å². The number of para-hydroxylation sites is 1. The number of carbonyl (C=O) groups is 1. The molecule has 34 heavy (non-hydrogen) atoms. The number of carboxylic acids is 1. The molecule has 0 aliphatic carbocycles. The standard InChI is InChI=1S/C26H30Cl2N2O4/c1-4-18-7-5-8-19(13-25(31)32)26(18)33-12-6-9-22-15-24(34-17(2)3)29-30(22)16-20-10-11-21(27)14-23(20)28/h5,7-8,10-11,14-15,17H,4,6,9,12-13,16H2,1-3H3,(H,31,32). The number of aryl methyl sites for hydroxylation is 2. The number of hydrogen-bond donors (Lipinski definition) is 1. The molecule has 2 aromatic carbocycles. The molecule has 0 unspecified atom stereocenters. The highest BCUT2D eigenvalue weighted by atomic mass is 35.5. The van der Waals surface area contributed by atoms with Gasteiger partial charge in [-0.2, -0.15) is 0 Å². The molecule has 0 saturated carbocycles. The number of benzene rings is 2. The van der Waals surface area contributed by atoms with E-state index in [0.29, 0.717) is 46.8 Å². The molecule has 0 spiro atoms. The number of ether oxygens (including phenoxy) is 2. The quantitative estimate of drug-likeness (QED) is 0.296. The maximum atomic E-state index is 11.3. The van der Waals surface area contributed by atoms with Gasteiger partial charge in [-0.25, -0.2) is 0 Å². The summed E-state index contributed by atoms with van der Waals surface area (Å²) in [5.74, 6) is 0.370. The predicted octanol–water partition coefficient (Wildman–Crippen LogP) is 6.23. The van der Waals surface area contributed by atoms with Gasteiger partial charge in [0.25, 0.3) is 0 Å². The van der Waals surface area contributed by atoms with Crippen LogP contribution >= 0.6 is 23.2 Å². The van der Waals surface area contributed by atoms with Crippen LogP contribution in [-0.2, 0) is 30.6 Å². The van der Waals surface area contributed by atoms with Gasteiger partial charge in [-0.05, 0) is 56.4 Å². The summed E-state index contributed by atoms with van der Waals surface area (Å²) in [7, 11) is 0. The molecule has 0 bridgehead atoms. The number of rotatable bonds is 12. The van der Waals surface area contributed by atoms with Gasteiger partial charge in [-0.3, -0.25) is 9.48 Å². The summed E-state index contributed by atoms with van der Waals surface area (Å²) in [4.78, 5) is 11.3. The molecule has 1 N–H and O–H groups in total. The van der Waals surface area contributed by atoms with Gasteiger partial charge in [0.1, 0.15) is 5.75 Å². The number of nitrogens with zero attached hydrogens (tertiary/aromatic N) is 2. The Kier molecular flexibility index (Phi) is 9.25. The maximum absolute atomic E-state index is 11.3. The van der Waals surface area contributed by atoms with Crippen molar-refractivity contribution in [3.8, 4) is 11.6 Å². The van der Waals surface area contributed by atoms with Gasteiger partial charge >= 0.3 is 5.97 Å². The zero-order valence-corrected chi connectivity index (χ0v) is 21.2. The lowest BCUT2D eigenvalue weighted by Gasteiger charge is -2.15. The number of halogens is 2. The van der Waals surface area contributed by atoms with Gasteiger partial charge in [0, 0.05) is 27.4 Å². The third-order valence-corrected chi connectivity index (χ3v) is 5.84. The Balaban J connectivity index is 1.72. The van der Waals surface area contributed by atoms with Crippen molar-refractivity contribution in [2.75, 3.05) is 6.61 Å². The van der Waals surface area contributed by atoms with Crippen LogP contribution in [-0.4, -0.2) is 33.6 Å². The highest BCUT2D eigenvalue weighted by molar-refractivity contribution is 6.35. The van der Waals surface area contributed by atoms with Gasteiger partial charge in [0.2, 0.25) is 5.88 Å². The van der Waals surface area contributed by atoms with Crippen molar-refractivity contribution in [1.29, 1.82) is 0 Å². The predicted molar refractivity (Wildman–Crippen MR) is 135 cm³/mol. The Morgan fingerprint density at radius 3 is 2.56 bits per heavy atom. The lowest BCUT2D eigenvalue weighted by Crippen LogP contribution is -2.10. The average molecular weight is 505 g/mol. The molecule has 3 rings (SSSR count). The SMILES string of the molecule is CCc1cccc(CC(=O)O)c1OCCCc1cc(OC(C)C)nn1Cc1ccc(Cl)cc1Cl. The van der Waals surface area contributed by atoms with Gasteiger partial charge in [0.05, 0.1) is 25.7 Å². The molecule has 0 fully saturated rings. The Labute approximate surface area is 210 Å². The summed E-state index contributed by atoms with van der Waals surface area (Å²) in [6.45, 7) is 6.90. The van der Waals surface area contributed by atoms with Crippen molar-refractivity contribution in [1.82, 2.24) is 9.78 Å². The highest BCUT2D eigenvalue weighted by Gasteiger charge is 2.14. The third kappa shape index (κ3) is 7.15. The molecule has 1 aromatic heterocycles. The van der Waals surface area contributed by atoms with Crippen LogP contribution in [0.3, 0.4) is 0 Å². The summed E-state index contributed by atoms with van der Waals surface area (Å²) in [6.07, 6.45) is 2.16. The molecule has 182 valence electrons. The van der Waals surface area contributed by atoms with E-state index in [0.717, 1.165) is 29.7 Å². The minimum absolute atomic E-state index is 0.0110. The molecule has 6 nitrogen and oxygen atoms in total. The largest absolute Gasteiger partial charge is 0.493 e. The van der Waals surface area contributed by atoms with Crippen molar-refractivity contribution in [2.45, 2.75) is 59.1 Å². The van der Waals surface area contributed by atoms with Crippen LogP contribution in [0.4, 0.5) is 0 Å². The molecule has 0 aliphatic rings. The molecule has 3 aromatic rings. The molecule has 8 heteroatoms. The van der Waals surface area contributed by atoms with Crippen LogP contribution in [0.1, 0.15) is 49.6 Å². The Hall–Kier alpha value is -2.70. The van der Waals surface area contributed by atoms with E-state index in [1.165, 1.54) is 0 Å². The fourth-order valence-electron chi connectivity index (χ4n) is 3.71. The lowest BCUT2D eigenvalue weighted by molar-refractivity contribution is -0.136. The minimum atomic E-state index is -0.874. The Morgan fingerprint density at radius 2 is 1.88 bits per heavy atom. The van der Waals surface area contributed by atoms with Crippen molar-refractivity contribution >= 4 is 29.2 Å². The summed E-state index contributed by atoms with van der Waals surface area (Å²) in [5, 5.41) is 15.0. The van der Waals surface area contributed by atoms with E-state index >= 15 is 0 Å². The normalized spacial score (nSPS) is 11.1. The zero-order valence-electron chi connectivity index (χ0n) is 19.7. The molecule has 0 aliphatic heterocycles. The van der Waals surface area contributed by atoms with E-state index in [-0.39, 0.29) is 12.5 Å². The van der Waals surface area contributed by atoms with Crippen molar-refractivity contribution in [3.05, 3.63) is 74.9 Å². The van der Waals surface area contributed by atoms with Crippen LogP contribution in [0.5, 0.6) is 11.6 Å². The molecule has 0 amide bonds. The number of carboxylic acid groups (broad SMARTS) is 1. The summed E-state index contributed by atoms with van der Waals surface area (Å²) in [5.41, 5.74) is 3.62. The van der Waals surface area contributed by atoms with Crippen molar-refractivity contribution in [2.24, 2.45) is 0 Å². The van der Waals surface area contributed by atoms with E-state index < -0.39 is 5.97 Å². The lowest BCUT2D eigenvalue weighted by atomic mass is 10.0. The first kappa shape index (κ1) is 25.9. The van der Waals surface area contributed by atoms with Crippen LogP contribution in [0.15, 0.2) is 42.5 Å². The molecule has 0 radical (unpaired) electrons. The van der Waals surface area contributed by atoms with E-state index in [4.69, 9.17) is 32.7 Å². The van der Waals surface area contributed by atoms with Crippen LogP contribution in [0, 0.1) is 0 Å². The fraction of sp³-hybridized carbons (Fsp3) is 0.385. The van der Waals surface area contributed by atoms with Gasteiger partial charge in [0.15, 0.2) is 0 Å². The van der Waals surface area contributed by atoms with E-state index in [2.05, 4.69) is 5.10 Å². The minimum Gasteiger partial charge on any atom is -0.493 e. The second-order valence-corrected chi connectivity index (χ2v) is 9.16. The second-order valence-electron chi connectivity index (χ2n) is 8.32. The number of aliphatic carboxylic acids is 1. The maximum Gasteiger partial charge on any atom is 0.307 e. The summed E-state index contributed by atoms with van der Waals surface area (Å²) >= 11 is 12.4. The fourth-order valence-corrected chi connectivity index (χ4v) is 4.18. The van der Waals surface area contributed by atoms with Crippen LogP contribution in [0.25, 0.3) is 0 Å². The molecule has 1 heterocycles. The summed E-state index contributed by atoms with van der Waals surface area (Å²) in [6, 6.07) is 13.0. The van der Waals surface area contributed by atoms with E-state index in [1.807, 2.05) is 61.9 Å². The van der Waals surface area contributed by atoms with Gasteiger partial charge in [-0.1, -0.05) is 54.4 Å². The topological polar surface area (TPSA) is 73.6 Å². The first-order valence-electron chi connectivity index (χ1n) is 11.4. The van der Waals surface area contributed by atoms with E-state index in [1.54, 1.807) is 6.07 Å². The monoisotopic (exact) mass is 504 g/mol. The Morgan fingerprint density at radius 1 is 1.12 bits per heavy atom. The molecular weight excluding hydrogens is 475 g/mol. The van der Waals surface area contributed by atoms with Crippen LogP contribution in [0.2, 0.25) is 10.0 Å². The van der Waals surface area contributed by atoms with Crippen molar-refractivity contribution in [3.63, 3.8) is 0 Å². The molecule has 0 atom stereocenters. The average Bonchev–Trinajstić information content (AvgIpc) is 3.13. The summed E-state index contributed by atoms with van der Waals surface area (Å²) < 4.78 is 13.8.